The molecule has 5 heteroatoms. The minimum atomic E-state index is -0.425. The smallest absolute Gasteiger partial charge is 0.306 e. The van der Waals surface area contributed by atoms with Gasteiger partial charge in [0.15, 0.2) is 0 Å². The van der Waals surface area contributed by atoms with Crippen LogP contribution in [0.3, 0.4) is 0 Å². The number of halogens is 1. The number of nitrogens with two attached hydrogens (primary N) is 1. The zero-order chi connectivity index (χ0) is 13.1. The van der Waals surface area contributed by atoms with Crippen molar-refractivity contribution in [2.45, 2.75) is 38.1 Å². The van der Waals surface area contributed by atoms with Gasteiger partial charge >= 0.3 is 5.97 Å². The molecule has 0 radical (unpaired) electrons. The van der Waals surface area contributed by atoms with Gasteiger partial charge in [-0.05, 0) is 23.4 Å². The predicted molar refractivity (Wildman–Crippen MR) is 71.6 cm³/mol. The van der Waals surface area contributed by atoms with E-state index < -0.39 is 5.41 Å². The molecule has 1 aromatic rings. The number of hydrogen-bond donors (Lipinski definition) is 1. The lowest BCUT2D eigenvalue weighted by Crippen LogP contribution is -2.44. The highest BCUT2D eigenvalue weighted by atomic mass is 35.5. The van der Waals surface area contributed by atoms with Crippen molar-refractivity contribution < 1.29 is 9.53 Å². The normalized spacial score (nSPS) is 16.3. The molecule has 96 valence electrons. The lowest BCUT2D eigenvalue weighted by Gasteiger charge is -2.33. The van der Waals surface area contributed by atoms with Gasteiger partial charge in [0.1, 0.15) is 0 Å². The highest BCUT2D eigenvalue weighted by Gasteiger charge is 2.36. The Hall–Kier alpha value is -0.580. The van der Waals surface area contributed by atoms with Crippen LogP contribution < -0.4 is 5.73 Å². The van der Waals surface area contributed by atoms with Gasteiger partial charge in [-0.2, -0.15) is 0 Å². The van der Waals surface area contributed by atoms with E-state index >= 15 is 0 Å². The summed E-state index contributed by atoms with van der Waals surface area (Å²) in [7, 11) is 1.39. The maximum Gasteiger partial charge on any atom is 0.306 e. The van der Waals surface area contributed by atoms with Crippen LogP contribution in [0.5, 0.6) is 0 Å². The Morgan fingerprint density at radius 1 is 1.71 bits per heavy atom. The molecule has 0 aromatic carbocycles. The predicted octanol–water partition coefficient (Wildman–Crippen LogP) is 2.96. The van der Waals surface area contributed by atoms with Crippen LogP contribution in [0.25, 0.3) is 0 Å². The van der Waals surface area contributed by atoms with Crippen LogP contribution in [0.1, 0.15) is 32.3 Å². The van der Waals surface area contributed by atoms with E-state index in [2.05, 4.69) is 0 Å². The quantitative estimate of drug-likeness (QED) is 0.841. The first-order valence-electron chi connectivity index (χ1n) is 5.51. The highest BCUT2D eigenvalue weighted by molar-refractivity contribution is 7.14. The molecule has 0 amide bonds. The zero-order valence-corrected chi connectivity index (χ0v) is 11.9. The fraction of sp³-hybridized carbons (Fsp3) is 0.583. The highest BCUT2D eigenvalue weighted by Crippen LogP contribution is 2.36. The van der Waals surface area contributed by atoms with E-state index in [1.54, 1.807) is 0 Å². The Bertz CT molecular complexity index is 394. The zero-order valence-electron chi connectivity index (χ0n) is 10.3. The summed E-state index contributed by atoms with van der Waals surface area (Å²) in [5.41, 5.74) is 6.73. The summed E-state index contributed by atoms with van der Waals surface area (Å²) in [4.78, 5) is 11.5. The molecule has 0 saturated carbocycles. The monoisotopic (exact) mass is 275 g/mol. The molecule has 0 bridgehead atoms. The van der Waals surface area contributed by atoms with Crippen LogP contribution in [0.4, 0.5) is 0 Å². The van der Waals surface area contributed by atoms with Gasteiger partial charge < -0.3 is 10.5 Å². The third kappa shape index (κ3) is 3.21. The summed E-state index contributed by atoms with van der Waals surface area (Å²) in [6.45, 7) is 3.99. The van der Waals surface area contributed by atoms with Crippen molar-refractivity contribution in [3.8, 4) is 0 Å². The fourth-order valence-electron chi connectivity index (χ4n) is 1.88. The first-order valence-corrected chi connectivity index (χ1v) is 6.76. The molecular formula is C12H18ClNO2S. The molecule has 0 aliphatic heterocycles. The Morgan fingerprint density at radius 2 is 2.35 bits per heavy atom. The number of carbonyl (C=O) groups is 1. The second kappa shape index (κ2) is 5.85. The van der Waals surface area contributed by atoms with E-state index in [9.17, 15) is 4.79 Å². The lowest BCUT2D eigenvalue weighted by atomic mass is 9.74. The van der Waals surface area contributed by atoms with Gasteiger partial charge in [-0.25, -0.2) is 0 Å². The molecule has 3 nitrogen and oxygen atoms in total. The standard InChI is InChI=1S/C12H18ClNO2S/c1-4-9(14)12(2,6-11(15)16-3)8-5-10(13)17-7-8/h5,7,9H,4,6,14H2,1-3H3. The summed E-state index contributed by atoms with van der Waals surface area (Å²) < 4.78 is 5.45. The molecule has 1 rings (SSSR count). The topological polar surface area (TPSA) is 52.3 Å². The van der Waals surface area contributed by atoms with Gasteiger partial charge in [0.05, 0.1) is 17.9 Å². The number of rotatable bonds is 5. The number of methoxy groups -OCH3 is 1. The molecular weight excluding hydrogens is 258 g/mol. The van der Waals surface area contributed by atoms with Crippen LogP contribution in [-0.2, 0) is 14.9 Å². The van der Waals surface area contributed by atoms with Gasteiger partial charge in [0.25, 0.3) is 0 Å². The Morgan fingerprint density at radius 3 is 2.76 bits per heavy atom. The Labute approximate surface area is 111 Å². The van der Waals surface area contributed by atoms with E-state index in [1.807, 2.05) is 25.3 Å². The second-order valence-electron chi connectivity index (χ2n) is 4.32. The third-order valence-electron chi connectivity index (χ3n) is 3.22. The molecule has 0 fully saturated rings. The maximum absolute atomic E-state index is 11.5. The molecule has 0 aliphatic carbocycles. The third-order valence-corrected chi connectivity index (χ3v) is 4.32. The van der Waals surface area contributed by atoms with Gasteiger partial charge in [0.2, 0.25) is 0 Å². The van der Waals surface area contributed by atoms with E-state index in [0.29, 0.717) is 4.34 Å². The molecule has 0 saturated heterocycles. The van der Waals surface area contributed by atoms with Crippen molar-refractivity contribution in [3.05, 3.63) is 21.3 Å². The molecule has 0 spiro atoms. The second-order valence-corrected chi connectivity index (χ2v) is 5.87. The maximum atomic E-state index is 11.5. The van der Waals surface area contributed by atoms with Crippen molar-refractivity contribution in [1.82, 2.24) is 0 Å². The van der Waals surface area contributed by atoms with E-state index in [4.69, 9.17) is 22.1 Å². The van der Waals surface area contributed by atoms with Crippen molar-refractivity contribution >= 4 is 28.9 Å². The summed E-state index contributed by atoms with van der Waals surface area (Å²) >= 11 is 7.40. The summed E-state index contributed by atoms with van der Waals surface area (Å²) in [5.74, 6) is -0.251. The molecule has 17 heavy (non-hydrogen) atoms. The van der Waals surface area contributed by atoms with Gasteiger partial charge in [0, 0.05) is 11.5 Å². The van der Waals surface area contributed by atoms with Gasteiger partial charge in [-0.1, -0.05) is 25.4 Å². The Balaban J connectivity index is 3.05. The van der Waals surface area contributed by atoms with Crippen LogP contribution in [0.15, 0.2) is 11.4 Å². The first kappa shape index (κ1) is 14.5. The average molecular weight is 276 g/mol. The minimum Gasteiger partial charge on any atom is -0.469 e. The number of esters is 1. The number of hydrogen-bond acceptors (Lipinski definition) is 4. The minimum absolute atomic E-state index is 0.104. The van der Waals surface area contributed by atoms with Crippen molar-refractivity contribution in [2.75, 3.05) is 7.11 Å². The van der Waals surface area contributed by atoms with Gasteiger partial charge in [-0.15, -0.1) is 11.3 Å². The van der Waals surface area contributed by atoms with Crippen molar-refractivity contribution in [2.24, 2.45) is 5.73 Å². The van der Waals surface area contributed by atoms with Crippen molar-refractivity contribution in [3.63, 3.8) is 0 Å². The first-order chi connectivity index (χ1) is 7.93. The molecule has 1 aromatic heterocycles. The molecule has 2 N–H and O–H groups in total. The van der Waals surface area contributed by atoms with Crippen molar-refractivity contribution in [1.29, 1.82) is 0 Å². The van der Waals surface area contributed by atoms with Crippen LogP contribution in [-0.4, -0.2) is 19.1 Å². The van der Waals surface area contributed by atoms with E-state index in [-0.39, 0.29) is 18.4 Å². The van der Waals surface area contributed by atoms with Crippen LogP contribution in [0, 0.1) is 0 Å². The van der Waals surface area contributed by atoms with E-state index in [0.717, 1.165) is 12.0 Å². The number of ether oxygens (including phenoxy) is 1. The molecule has 1 heterocycles. The number of carbonyl (C=O) groups excluding carboxylic acids is 1. The Kier molecular flexibility index (Phi) is 4.98. The van der Waals surface area contributed by atoms with E-state index in [1.165, 1.54) is 18.4 Å². The summed E-state index contributed by atoms with van der Waals surface area (Å²) in [6.07, 6.45) is 1.06. The average Bonchev–Trinajstić information content (AvgIpc) is 2.74. The molecule has 2 atom stereocenters. The summed E-state index contributed by atoms with van der Waals surface area (Å²) in [5, 5.41) is 1.96. The van der Waals surface area contributed by atoms with Gasteiger partial charge in [-0.3, -0.25) is 4.79 Å². The molecule has 2 unspecified atom stereocenters. The SMILES string of the molecule is CCC(N)C(C)(CC(=O)OC)c1csc(Cl)c1. The number of thiophene rings is 1. The largest absolute Gasteiger partial charge is 0.469 e. The summed E-state index contributed by atoms with van der Waals surface area (Å²) in [6, 6.07) is 1.78. The molecule has 0 aliphatic rings. The fourth-order valence-corrected chi connectivity index (χ4v) is 2.90. The lowest BCUT2D eigenvalue weighted by molar-refractivity contribution is -0.142. The van der Waals surface area contributed by atoms with Crippen LogP contribution in [0.2, 0.25) is 4.34 Å². The van der Waals surface area contributed by atoms with Crippen LogP contribution >= 0.6 is 22.9 Å².